The molecule has 2 atom stereocenters. The molecule has 8 heteroatoms. The van der Waals surface area contributed by atoms with Crippen LogP contribution in [0.2, 0.25) is 0 Å². The second-order valence-electron chi connectivity index (χ2n) is 2.43. The average molecular weight is 180 g/mol. The van der Waals surface area contributed by atoms with Gasteiger partial charge < -0.3 is 10.2 Å². The van der Waals surface area contributed by atoms with Crippen LogP contribution in [0.15, 0.2) is 0 Å². The van der Waals surface area contributed by atoms with E-state index in [1.165, 1.54) is 0 Å². The number of aliphatic hydroxyl groups is 2. The molecule has 2 N–H and O–H groups in total. The minimum absolute atomic E-state index is 0.792. The maximum Gasteiger partial charge on any atom is 0.385 e. The van der Waals surface area contributed by atoms with Gasteiger partial charge in [-0.15, -0.1) is 0 Å². The molecule has 70 valence electrons. The van der Waals surface area contributed by atoms with Crippen molar-refractivity contribution < 1.29 is 20.1 Å². The monoisotopic (exact) mass is 180 g/mol. The van der Waals surface area contributed by atoms with Gasteiger partial charge in [0.05, 0.1) is 4.92 Å². The zero-order valence-corrected chi connectivity index (χ0v) is 6.21. The van der Waals surface area contributed by atoms with Gasteiger partial charge in [0.25, 0.3) is 0 Å². The predicted molar refractivity (Wildman–Crippen MR) is 35.5 cm³/mol. The van der Waals surface area contributed by atoms with Crippen molar-refractivity contribution >= 4 is 0 Å². The van der Waals surface area contributed by atoms with Crippen LogP contribution in [0.5, 0.6) is 0 Å². The summed E-state index contributed by atoms with van der Waals surface area (Å²) in [5, 5.41) is 37.3. The first-order valence-electron chi connectivity index (χ1n) is 2.93. The van der Waals surface area contributed by atoms with Crippen molar-refractivity contribution in [2.75, 3.05) is 6.61 Å². The molecule has 0 fully saturated rings. The van der Waals surface area contributed by atoms with Crippen molar-refractivity contribution in [2.24, 2.45) is 0 Å². The fourth-order valence-electron chi connectivity index (χ4n) is 0.461. The molecule has 0 aliphatic rings. The maximum atomic E-state index is 10.2. The Morgan fingerprint density at radius 3 is 2.00 bits per heavy atom. The Bertz CT molecular complexity index is 206. The van der Waals surface area contributed by atoms with Crippen LogP contribution in [0.25, 0.3) is 0 Å². The van der Waals surface area contributed by atoms with Crippen molar-refractivity contribution in [3.63, 3.8) is 0 Å². The Hall–Kier alpha value is -1.28. The Kier molecular flexibility index (Phi) is 3.05. The number of hydrogen-bond acceptors (Lipinski definition) is 6. The fourth-order valence-corrected chi connectivity index (χ4v) is 0.461. The van der Waals surface area contributed by atoms with Crippen LogP contribution in [0.3, 0.4) is 0 Å². The van der Waals surface area contributed by atoms with Crippen molar-refractivity contribution in [1.29, 1.82) is 0 Å². The zero-order valence-electron chi connectivity index (χ0n) is 6.21. The number of hydrogen-bond donors (Lipinski definition) is 2. The topological polar surface area (TPSA) is 127 Å². The number of rotatable bonds is 4. The molecule has 0 aromatic heterocycles. The Balaban J connectivity index is 4.75. The molecular formula is C4H8N2O6. The van der Waals surface area contributed by atoms with Crippen LogP contribution in [0, 0.1) is 20.2 Å². The molecule has 0 saturated heterocycles. The maximum absolute atomic E-state index is 10.2. The van der Waals surface area contributed by atoms with Crippen molar-refractivity contribution in [2.45, 2.75) is 18.7 Å². The summed E-state index contributed by atoms with van der Waals surface area (Å²) in [4.78, 5) is 17.8. The van der Waals surface area contributed by atoms with E-state index in [4.69, 9.17) is 10.2 Å². The van der Waals surface area contributed by atoms with E-state index < -0.39 is 28.2 Å². The highest BCUT2D eigenvalue weighted by Gasteiger charge is 2.53. The van der Waals surface area contributed by atoms with E-state index in [1.54, 1.807) is 0 Å². The normalized spacial score (nSPS) is 17.9. The molecule has 0 aliphatic carbocycles. The summed E-state index contributed by atoms with van der Waals surface area (Å²) in [6, 6.07) is 0. The quantitative estimate of drug-likeness (QED) is 0.311. The minimum atomic E-state index is -2.41. The summed E-state index contributed by atoms with van der Waals surface area (Å²) < 4.78 is 0. The average Bonchev–Trinajstić information content (AvgIpc) is 2.01. The van der Waals surface area contributed by atoms with E-state index >= 15 is 0 Å². The van der Waals surface area contributed by atoms with E-state index in [2.05, 4.69) is 0 Å². The first-order valence-corrected chi connectivity index (χ1v) is 2.93. The van der Waals surface area contributed by atoms with Gasteiger partial charge in [0.1, 0.15) is 6.61 Å². The van der Waals surface area contributed by atoms with Gasteiger partial charge in [0, 0.05) is 11.8 Å². The van der Waals surface area contributed by atoms with E-state index in [-0.39, 0.29) is 0 Å². The molecular weight excluding hydrogens is 172 g/mol. The van der Waals surface area contributed by atoms with Gasteiger partial charge in [0.15, 0.2) is 0 Å². The SMILES string of the molecule is CC(CO)(C(O)[N+](=O)[O-])[N+](=O)[O-]. The van der Waals surface area contributed by atoms with Crippen LogP contribution in [0.4, 0.5) is 0 Å². The Morgan fingerprint density at radius 2 is 1.92 bits per heavy atom. The zero-order chi connectivity index (χ0) is 9.94. The standard InChI is InChI=1S/C4H8N2O6/c1-4(2-7,6(11)12)3(8)5(9)10/h3,7-8H,2H2,1H3. The molecule has 0 saturated carbocycles. The lowest BCUT2D eigenvalue weighted by Crippen LogP contribution is -2.53. The van der Waals surface area contributed by atoms with Crippen LogP contribution in [0.1, 0.15) is 6.92 Å². The van der Waals surface area contributed by atoms with Crippen molar-refractivity contribution in [3.8, 4) is 0 Å². The summed E-state index contributed by atoms with van der Waals surface area (Å²) in [6.45, 7) is -0.303. The van der Waals surface area contributed by atoms with Gasteiger partial charge in [-0.25, -0.2) is 0 Å². The van der Waals surface area contributed by atoms with Crippen LogP contribution in [-0.4, -0.2) is 38.4 Å². The third kappa shape index (κ3) is 1.66. The molecule has 0 aromatic rings. The molecule has 0 aliphatic heterocycles. The van der Waals surface area contributed by atoms with Crippen molar-refractivity contribution in [3.05, 3.63) is 20.2 Å². The van der Waals surface area contributed by atoms with Gasteiger partial charge in [0.2, 0.25) is 0 Å². The largest absolute Gasteiger partial charge is 0.388 e. The van der Waals surface area contributed by atoms with Gasteiger partial charge in [-0.2, -0.15) is 0 Å². The lowest BCUT2D eigenvalue weighted by molar-refractivity contribution is -0.682. The minimum Gasteiger partial charge on any atom is -0.388 e. The molecule has 0 rings (SSSR count). The van der Waals surface area contributed by atoms with Crippen LogP contribution in [-0.2, 0) is 0 Å². The highest BCUT2D eigenvalue weighted by Crippen LogP contribution is 2.14. The molecule has 0 heterocycles. The lowest BCUT2D eigenvalue weighted by atomic mass is 10.0. The summed E-state index contributed by atoms with van der Waals surface area (Å²) in [5.74, 6) is 0. The molecule has 0 spiro atoms. The number of aliphatic hydroxyl groups excluding tert-OH is 2. The number of nitro groups is 2. The Morgan fingerprint density at radius 1 is 1.50 bits per heavy atom. The predicted octanol–water partition coefficient (Wildman–Crippen LogP) is -1.39. The van der Waals surface area contributed by atoms with Crippen LogP contribution < -0.4 is 0 Å². The molecule has 2 unspecified atom stereocenters. The van der Waals surface area contributed by atoms with Crippen molar-refractivity contribution in [1.82, 2.24) is 0 Å². The van der Waals surface area contributed by atoms with Gasteiger partial charge >= 0.3 is 11.8 Å². The van der Waals surface area contributed by atoms with E-state index in [1.807, 2.05) is 0 Å². The highest BCUT2D eigenvalue weighted by atomic mass is 16.7. The van der Waals surface area contributed by atoms with Gasteiger partial charge in [-0.05, 0) is 0 Å². The highest BCUT2D eigenvalue weighted by molar-refractivity contribution is 4.74. The molecule has 12 heavy (non-hydrogen) atoms. The molecule has 0 aromatic carbocycles. The van der Waals surface area contributed by atoms with Crippen LogP contribution >= 0.6 is 0 Å². The van der Waals surface area contributed by atoms with E-state index in [0.717, 1.165) is 6.92 Å². The smallest absolute Gasteiger partial charge is 0.385 e. The second kappa shape index (κ2) is 3.41. The molecule has 8 nitrogen and oxygen atoms in total. The number of nitrogens with zero attached hydrogens (tertiary/aromatic N) is 2. The first kappa shape index (κ1) is 10.7. The van der Waals surface area contributed by atoms with E-state index in [0.29, 0.717) is 0 Å². The van der Waals surface area contributed by atoms with Gasteiger partial charge in [-0.1, -0.05) is 0 Å². The summed E-state index contributed by atoms with van der Waals surface area (Å²) in [7, 11) is 0. The van der Waals surface area contributed by atoms with Gasteiger partial charge in [-0.3, -0.25) is 20.2 Å². The fraction of sp³-hybridized carbons (Fsp3) is 1.00. The second-order valence-corrected chi connectivity index (χ2v) is 2.43. The summed E-state index contributed by atoms with van der Waals surface area (Å²) in [6.07, 6.45) is -2.41. The molecule has 0 amide bonds. The Labute approximate surface area is 66.7 Å². The molecule has 0 radical (unpaired) electrons. The third-order valence-corrected chi connectivity index (χ3v) is 1.49. The summed E-state index contributed by atoms with van der Waals surface area (Å²) >= 11 is 0. The lowest BCUT2D eigenvalue weighted by Gasteiger charge is -2.17. The first-order chi connectivity index (χ1) is 5.36. The third-order valence-electron chi connectivity index (χ3n) is 1.49. The van der Waals surface area contributed by atoms with E-state index in [9.17, 15) is 20.2 Å². The summed E-state index contributed by atoms with van der Waals surface area (Å²) in [5.41, 5.74) is -2.34. The molecule has 0 bridgehead atoms.